The minimum Gasteiger partial charge on any atom is -0.478 e. The first-order chi connectivity index (χ1) is 8.25. The number of anilines is 1. The average molecular weight is 233 g/mol. The fourth-order valence-corrected chi connectivity index (χ4v) is 1.58. The zero-order valence-corrected chi connectivity index (χ0v) is 9.36. The largest absolute Gasteiger partial charge is 0.478 e. The van der Waals surface area contributed by atoms with Crippen molar-refractivity contribution in [2.45, 2.75) is 6.42 Å². The molecule has 90 valence electrons. The molecule has 4 N–H and O–H groups in total. The lowest BCUT2D eigenvalue weighted by Gasteiger charge is -2.17. The zero-order chi connectivity index (χ0) is 12.1. The van der Waals surface area contributed by atoms with E-state index < -0.39 is 5.97 Å². The Labute approximate surface area is 99.5 Å². The van der Waals surface area contributed by atoms with E-state index in [1.807, 2.05) is 0 Å². The third-order valence-electron chi connectivity index (χ3n) is 2.56. The Bertz CT molecular complexity index is 426. The van der Waals surface area contributed by atoms with E-state index >= 15 is 0 Å². The van der Waals surface area contributed by atoms with Crippen molar-refractivity contribution in [3.05, 3.63) is 41.6 Å². The summed E-state index contributed by atoms with van der Waals surface area (Å²) in [5.41, 5.74) is 8.43. The van der Waals surface area contributed by atoms with Crippen LogP contribution in [0.4, 0.5) is 5.69 Å². The summed E-state index contributed by atoms with van der Waals surface area (Å²) in [6.45, 7) is 1.85. The van der Waals surface area contributed by atoms with Gasteiger partial charge in [-0.1, -0.05) is 0 Å². The van der Waals surface area contributed by atoms with Gasteiger partial charge >= 0.3 is 5.97 Å². The van der Waals surface area contributed by atoms with E-state index in [9.17, 15) is 4.79 Å². The Balaban J connectivity index is 1.90. The first kappa shape index (κ1) is 11.5. The van der Waals surface area contributed by atoms with Gasteiger partial charge in [0.2, 0.25) is 0 Å². The summed E-state index contributed by atoms with van der Waals surface area (Å²) in [5, 5.41) is 12.0. The standard InChI is InChI=1S/C12H15N3O2/c16-12(17)9-1-3-10(4-2-9)14-15-11-5-7-13-8-6-11/h1-5,13-15H,6-8H2,(H,16,17). The van der Waals surface area contributed by atoms with Crippen LogP contribution in [0.3, 0.4) is 0 Å². The summed E-state index contributed by atoms with van der Waals surface area (Å²) < 4.78 is 0. The SMILES string of the molecule is O=C(O)c1ccc(NNC2=CCNCC2)cc1. The van der Waals surface area contributed by atoms with Gasteiger partial charge < -0.3 is 21.3 Å². The van der Waals surface area contributed by atoms with Gasteiger partial charge in [0.1, 0.15) is 0 Å². The predicted molar refractivity (Wildman–Crippen MR) is 65.7 cm³/mol. The molecule has 1 heterocycles. The smallest absolute Gasteiger partial charge is 0.335 e. The second kappa shape index (κ2) is 5.36. The normalized spacial score (nSPS) is 14.9. The molecule has 0 radical (unpaired) electrons. The monoisotopic (exact) mass is 233 g/mol. The molecule has 0 fully saturated rings. The maximum absolute atomic E-state index is 10.7. The number of carboxylic acid groups (broad SMARTS) is 1. The molecule has 5 nitrogen and oxygen atoms in total. The fourth-order valence-electron chi connectivity index (χ4n) is 1.58. The highest BCUT2D eigenvalue weighted by atomic mass is 16.4. The summed E-state index contributed by atoms with van der Waals surface area (Å²) in [6, 6.07) is 6.61. The van der Waals surface area contributed by atoms with Crippen molar-refractivity contribution in [3.63, 3.8) is 0 Å². The average Bonchev–Trinajstić information content (AvgIpc) is 2.38. The Kier molecular flexibility index (Phi) is 3.62. The van der Waals surface area contributed by atoms with Gasteiger partial charge in [-0.25, -0.2) is 4.79 Å². The number of hydrogen-bond acceptors (Lipinski definition) is 4. The molecule has 5 heteroatoms. The number of carbonyl (C=O) groups is 1. The summed E-state index contributed by atoms with van der Waals surface area (Å²) in [6.07, 6.45) is 3.04. The van der Waals surface area contributed by atoms with Crippen LogP contribution in [0.1, 0.15) is 16.8 Å². The number of rotatable bonds is 4. The molecule has 1 aromatic rings. The van der Waals surface area contributed by atoms with Crippen LogP contribution in [0.15, 0.2) is 36.0 Å². The van der Waals surface area contributed by atoms with Crippen LogP contribution in [0.5, 0.6) is 0 Å². The van der Waals surface area contributed by atoms with Crippen molar-refractivity contribution in [2.75, 3.05) is 18.5 Å². The Hall–Kier alpha value is -2.01. The van der Waals surface area contributed by atoms with E-state index in [1.54, 1.807) is 24.3 Å². The van der Waals surface area contributed by atoms with Crippen LogP contribution in [0, 0.1) is 0 Å². The van der Waals surface area contributed by atoms with Crippen molar-refractivity contribution in [2.24, 2.45) is 0 Å². The Morgan fingerprint density at radius 1 is 1.24 bits per heavy atom. The van der Waals surface area contributed by atoms with Gasteiger partial charge in [0, 0.05) is 25.2 Å². The molecule has 0 aromatic heterocycles. The molecule has 0 unspecified atom stereocenters. The van der Waals surface area contributed by atoms with Crippen LogP contribution in [-0.4, -0.2) is 24.2 Å². The lowest BCUT2D eigenvalue weighted by Crippen LogP contribution is -2.29. The molecule has 0 bridgehead atoms. The molecule has 0 saturated heterocycles. The zero-order valence-electron chi connectivity index (χ0n) is 9.36. The van der Waals surface area contributed by atoms with E-state index in [1.165, 1.54) is 0 Å². The van der Waals surface area contributed by atoms with Crippen LogP contribution in [0.25, 0.3) is 0 Å². The van der Waals surface area contributed by atoms with Crippen LogP contribution in [0.2, 0.25) is 0 Å². The number of aromatic carboxylic acids is 1. The fraction of sp³-hybridized carbons (Fsp3) is 0.250. The molecule has 0 spiro atoms. The predicted octanol–water partition coefficient (Wildman–Crippen LogP) is 1.18. The van der Waals surface area contributed by atoms with Crippen molar-refractivity contribution < 1.29 is 9.90 Å². The first-order valence-electron chi connectivity index (χ1n) is 5.51. The second-order valence-corrected chi connectivity index (χ2v) is 3.82. The summed E-state index contributed by atoms with van der Waals surface area (Å²) in [5.74, 6) is -0.912. The van der Waals surface area contributed by atoms with Crippen molar-refractivity contribution in [1.29, 1.82) is 0 Å². The van der Waals surface area contributed by atoms with Gasteiger partial charge in [-0.15, -0.1) is 0 Å². The summed E-state index contributed by atoms with van der Waals surface area (Å²) in [7, 11) is 0. The molecule has 0 aliphatic carbocycles. The first-order valence-corrected chi connectivity index (χ1v) is 5.51. The molecule has 17 heavy (non-hydrogen) atoms. The highest BCUT2D eigenvalue weighted by Crippen LogP contribution is 2.09. The molecule has 2 rings (SSSR count). The van der Waals surface area contributed by atoms with Gasteiger partial charge in [0.05, 0.1) is 11.3 Å². The molecular weight excluding hydrogens is 218 g/mol. The van der Waals surface area contributed by atoms with Crippen LogP contribution >= 0.6 is 0 Å². The lowest BCUT2D eigenvalue weighted by molar-refractivity contribution is 0.0697. The number of carboxylic acids is 1. The Morgan fingerprint density at radius 3 is 2.59 bits per heavy atom. The third-order valence-corrected chi connectivity index (χ3v) is 2.56. The van der Waals surface area contributed by atoms with Crippen LogP contribution < -0.4 is 16.2 Å². The van der Waals surface area contributed by atoms with Crippen molar-refractivity contribution >= 4 is 11.7 Å². The molecule has 1 aliphatic rings. The topological polar surface area (TPSA) is 73.4 Å². The van der Waals surface area contributed by atoms with E-state index in [2.05, 4.69) is 22.2 Å². The van der Waals surface area contributed by atoms with Crippen molar-refractivity contribution in [1.82, 2.24) is 10.7 Å². The molecule has 0 saturated carbocycles. The van der Waals surface area contributed by atoms with Gasteiger partial charge in [0.25, 0.3) is 0 Å². The highest BCUT2D eigenvalue weighted by Gasteiger charge is 2.03. The highest BCUT2D eigenvalue weighted by molar-refractivity contribution is 5.87. The van der Waals surface area contributed by atoms with E-state index in [-0.39, 0.29) is 5.56 Å². The summed E-state index contributed by atoms with van der Waals surface area (Å²) >= 11 is 0. The Morgan fingerprint density at radius 2 is 2.00 bits per heavy atom. The molecule has 0 amide bonds. The minimum absolute atomic E-state index is 0.289. The molecule has 1 aromatic carbocycles. The van der Waals surface area contributed by atoms with Gasteiger partial charge in [-0.05, 0) is 30.3 Å². The number of benzene rings is 1. The number of hydrogen-bond donors (Lipinski definition) is 4. The second-order valence-electron chi connectivity index (χ2n) is 3.82. The number of nitrogens with one attached hydrogen (secondary N) is 3. The van der Waals surface area contributed by atoms with E-state index in [0.717, 1.165) is 30.9 Å². The number of hydrazine groups is 1. The lowest BCUT2D eigenvalue weighted by atomic mass is 10.2. The molecular formula is C12H15N3O2. The van der Waals surface area contributed by atoms with E-state index in [0.29, 0.717) is 0 Å². The van der Waals surface area contributed by atoms with Gasteiger partial charge in [0.15, 0.2) is 0 Å². The minimum atomic E-state index is -0.912. The van der Waals surface area contributed by atoms with Crippen LogP contribution in [-0.2, 0) is 0 Å². The molecule has 0 atom stereocenters. The maximum atomic E-state index is 10.7. The van der Waals surface area contributed by atoms with E-state index in [4.69, 9.17) is 5.11 Å². The van der Waals surface area contributed by atoms with Gasteiger partial charge in [-0.2, -0.15) is 0 Å². The van der Waals surface area contributed by atoms with Gasteiger partial charge in [-0.3, -0.25) is 0 Å². The third kappa shape index (κ3) is 3.22. The molecule has 1 aliphatic heterocycles. The maximum Gasteiger partial charge on any atom is 0.335 e. The quantitative estimate of drug-likeness (QED) is 0.588. The van der Waals surface area contributed by atoms with Crippen molar-refractivity contribution in [3.8, 4) is 0 Å². The summed E-state index contributed by atoms with van der Waals surface area (Å²) in [4.78, 5) is 10.7.